The van der Waals surface area contributed by atoms with E-state index in [1.54, 1.807) is 6.20 Å². The van der Waals surface area contributed by atoms with Gasteiger partial charge >= 0.3 is 0 Å². The van der Waals surface area contributed by atoms with Crippen molar-refractivity contribution in [1.82, 2.24) is 20.2 Å². The van der Waals surface area contributed by atoms with Gasteiger partial charge in [0.05, 0.1) is 12.6 Å². The number of halogens is 1. The molecule has 1 N–H and O–H groups in total. The summed E-state index contributed by atoms with van der Waals surface area (Å²) in [6.45, 7) is 2.87. The molecule has 3 heterocycles. The van der Waals surface area contributed by atoms with E-state index in [0.717, 1.165) is 11.5 Å². The van der Waals surface area contributed by atoms with Crippen molar-refractivity contribution in [2.75, 3.05) is 23.3 Å². The highest BCUT2D eigenvalue weighted by Crippen LogP contribution is 2.25. The van der Waals surface area contributed by atoms with Gasteiger partial charge < -0.3 is 10.2 Å². The zero-order valence-electron chi connectivity index (χ0n) is 11.8. The van der Waals surface area contributed by atoms with Crippen molar-refractivity contribution in [1.29, 1.82) is 0 Å². The second-order valence-corrected chi connectivity index (χ2v) is 5.15. The fourth-order valence-corrected chi connectivity index (χ4v) is 2.55. The van der Waals surface area contributed by atoms with Crippen molar-refractivity contribution >= 4 is 11.6 Å². The van der Waals surface area contributed by atoms with E-state index in [4.69, 9.17) is 0 Å². The lowest BCUT2D eigenvalue weighted by Crippen LogP contribution is -2.35. The summed E-state index contributed by atoms with van der Waals surface area (Å²) in [5.74, 6) is 1.47. The summed E-state index contributed by atoms with van der Waals surface area (Å²) < 4.78 is 13.8. The maximum Gasteiger partial charge on any atom is 0.151 e. The van der Waals surface area contributed by atoms with Crippen molar-refractivity contribution in [3.63, 3.8) is 0 Å². The third-order valence-electron chi connectivity index (χ3n) is 3.54. The number of hydrogen-bond donors (Lipinski definition) is 1. The van der Waals surface area contributed by atoms with Crippen LogP contribution in [0, 0.1) is 6.92 Å². The molecule has 1 aliphatic heterocycles. The maximum absolute atomic E-state index is 13.8. The first kappa shape index (κ1) is 13.7. The standard InChI is InChI=1S/C14H17FN6/c1-10-5-13(18-9-17-10)16-7-12-6-11(15)8-21(12)14-3-2-4-19-20-14/h2-5,9,11-12H,6-8H2,1H3,(H,16,17,18)/t11-,12-/m0/s1. The van der Waals surface area contributed by atoms with Crippen LogP contribution in [0.15, 0.2) is 30.7 Å². The molecule has 110 valence electrons. The number of anilines is 2. The molecule has 0 radical (unpaired) electrons. The highest BCUT2D eigenvalue weighted by atomic mass is 19.1. The van der Waals surface area contributed by atoms with Gasteiger partial charge in [-0.3, -0.25) is 0 Å². The summed E-state index contributed by atoms with van der Waals surface area (Å²) in [7, 11) is 0. The van der Waals surface area contributed by atoms with Crippen molar-refractivity contribution in [2.24, 2.45) is 0 Å². The Morgan fingerprint density at radius 1 is 1.43 bits per heavy atom. The molecule has 0 amide bonds. The molecule has 1 saturated heterocycles. The summed E-state index contributed by atoms with van der Waals surface area (Å²) in [5.41, 5.74) is 0.896. The normalized spacial score (nSPS) is 21.5. The number of nitrogens with zero attached hydrogens (tertiary/aromatic N) is 5. The number of aromatic nitrogens is 4. The van der Waals surface area contributed by atoms with Crippen LogP contribution in [0.3, 0.4) is 0 Å². The van der Waals surface area contributed by atoms with Gasteiger partial charge in [0.15, 0.2) is 5.82 Å². The summed E-state index contributed by atoms with van der Waals surface area (Å²) in [6.07, 6.45) is 2.77. The topological polar surface area (TPSA) is 66.8 Å². The van der Waals surface area contributed by atoms with E-state index < -0.39 is 6.17 Å². The van der Waals surface area contributed by atoms with Gasteiger partial charge in [0.2, 0.25) is 0 Å². The van der Waals surface area contributed by atoms with Crippen molar-refractivity contribution < 1.29 is 4.39 Å². The van der Waals surface area contributed by atoms with Crippen molar-refractivity contribution in [2.45, 2.75) is 25.6 Å². The molecule has 0 aliphatic carbocycles. The molecule has 0 unspecified atom stereocenters. The molecule has 2 atom stereocenters. The summed E-state index contributed by atoms with van der Waals surface area (Å²) in [4.78, 5) is 10.2. The minimum Gasteiger partial charge on any atom is -0.368 e. The predicted octanol–water partition coefficient (Wildman–Crippen LogP) is 1.60. The summed E-state index contributed by atoms with van der Waals surface area (Å²) >= 11 is 0. The first-order chi connectivity index (χ1) is 10.2. The van der Waals surface area contributed by atoms with Crippen LogP contribution in [-0.2, 0) is 0 Å². The summed E-state index contributed by atoms with van der Waals surface area (Å²) in [6, 6.07) is 5.57. The van der Waals surface area contributed by atoms with Crippen molar-refractivity contribution in [3.05, 3.63) is 36.4 Å². The molecule has 21 heavy (non-hydrogen) atoms. The lowest BCUT2D eigenvalue weighted by molar-refractivity contribution is 0.357. The highest BCUT2D eigenvalue weighted by molar-refractivity contribution is 5.42. The summed E-state index contributed by atoms with van der Waals surface area (Å²) in [5, 5.41) is 11.2. The van der Waals surface area contributed by atoms with E-state index >= 15 is 0 Å². The zero-order valence-corrected chi connectivity index (χ0v) is 11.8. The van der Waals surface area contributed by atoms with Gasteiger partial charge in [-0.15, -0.1) is 5.10 Å². The minimum absolute atomic E-state index is 0.0342. The molecule has 2 aromatic heterocycles. The van der Waals surface area contributed by atoms with Gasteiger partial charge in [-0.05, 0) is 19.1 Å². The number of rotatable bonds is 4. The quantitative estimate of drug-likeness (QED) is 0.922. The van der Waals surface area contributed by atoms with Crippen LogP contribution in [0.4, 0.5) is 16.0 Å². The van der Waals surface area contributed by atoms with E-state index in [1.807, 2.05) is 30.0 Å². The monoisotopic (exact) mass is 288 g/mol. The smallest absolute Gasteiger partial charge is 0.151 e. The number of alkyl halides is 1. The van der Waals surface area contributed by atoms with Gasteiger partial charge in [-0.25, -0.2) is 14.4 Å². The fraction of sp³-hybridized carbons (Fsp3) is 0.429. The average Bonchev–Trinajstić information content (AvgIpc) is 2.87. The number of aryl methyl sites for hydroxylation is 1. The molecular weight excluding hydrogens is 271 g/mol. The molecule has 6 nitrogen and oxygen atoms in total. The van der Waals surface area contributed by atoms with Gasteiger partial charge in [0, 0.05) is 30.9 Å². The van der Waals surface area contributed by atoms with E-state index in [9.17, 15) is 4.39 Å². The first-order valence-corrected chi connectivity index (χ1v) is 6.93. The molecule has 3 rings (SSSR count). The largest absolute Gasteiger partial charge is 0.368 e. The fourth-order valence-electron chi connectivity index (χ4n) is 2.55. The Bertz CT molecular complexity index is 593. The van der Waals surface area contributed by atoms with Crippen LogP contribution in [0.25, 0.3) is 0 Å². The van der Waals surface area contributed by atoms with Crippen LogP contribution in [0.2, 0.25) is 0 Å². The van der Waals surface area contributed by atoms with E-state index in [2.05, 4.69) is 25.5 Å². The Labute approximate surface area is 122 Å². The molecule has 7 heteroatoms. The molecule has 1 aliphatic rings. The van der Waals surface area contributed by atoms with E-state index in [1.165, 1.54) is 6.33 Å². The van der Waals surface area contributed by atoms with E-state index in [0.29, 0.717) is 25.3 Å². The number of hydrogen-bond acceptors (Lipinski definition) is 6. The van der Waals surface area contributed by atoms with Crippen LogP contribution >= 0.6 is 0 Å². The van der Waals surface area contributed by atoms with E-state index in [-0.39, 0.29) is 6.04 Å². The van der Waals surface area contributed by atoms with Gasteiger partial charge in [-0.1, -0.05) is 0 Å². The molecule has 1 fully saturated rings. The third-order valence-corrected chi connectivity index (χ3v) is 3.54. The molecule has 0 aromatic carbocycles. The third kappa shape index (κ3) is 3.24. The van der Waals surface area contributed by atoms with Crippen molar-refractivity contribution in [3.8, 4) is 0 Å². The van der Waals surface area contributed by atoms with Gasteiger partial charge in [-0.2, -0.15) is 5.10 Å². The molecular formula is C14H17FN6. The Morgan fingerprint density at radius 2 is 2.33 bits per heavy atom. The Balaban J connectivity index is 1.68. The Kier molecular flexibility index (Phi) is 3.89. The average molecular weight is 288 g/mol. The van der Waals surface area contributed by atoms with Crippen LogP contribution in [0.1, 0.15) is 12.1 Å². The number of nitrogens with one attached hydrogen (secondary N) is 1. The molecule has 0 spiro atoms. The Hall–Kier alpha value is -2.31. The molecule has 0 bridgehead atoms. The molecule has 0 saturated carbocycles. The van der Waals surface area contributed by atoms with Gasteiger partial charge in [0.25, 0.3) is 0 Å². The lowest BCUT2D eigenvalue weighted by atomic mass is 10.2. The minimum atomic E-state index is -0.842. The second-order valence-electron chi connectivity index (χ2n) is 5.15. The maximum atomic E-state index is 13.8. The molecule has 2 aromatic rings. The predicted molar refractivity (Wildman–Crippen MR) is 77.9 cm³/mol. The van der Waals surface area contributed by atoms with Crippen LogP contribution in [0.5, 0.6) is 0 Å². The van der Waals surface area contributed by atoms with Crippen LogP contribution in [-0.4, -0.2) is 45.5 Å². The first-order valence-electron chi connectivity index (χ1n) is 6.93. The Morgan fingerprint density at radius 3 is 3.10 bits per heavy atom. The van der Waals surface area contributed by atoms with Gasteiger partial charge in [0.1, 0.15) is 18.3 Å². The zero-order chi connectivity index (χ0) is 14.7. The SMILES string of the molecule is Cc1cc(NC[C@@H]2C[C@H](F)CN2c2cccnn2)ncn1. The van der Waals surface area contributed by atoms with Crippen LogP contribution < -0.4 is 10.2 Å². The second kappa shape index (κ2) is 5.99. The highest BCUT2D eigenvalue weighted by Gasteiger charge is 2.32. The lowest BCUT2D eigenvalue weighted by Gasteiger charge is -2.25.